The number of hydrogen-bond donors (Lipinski definition) is 2. The molecule has 0 radical (unpaired) electrons. The summed E-state index contributed by atoms with van der Waals surface area (Å²) in [7, 11) is 0. The van der Waals surface area contributed by atoms with Crippen LogP contribution in [0.3, 0.4) is 0 Å². The van der Waals surface area contributed by atoms with E-state index in [-0.39, 0.29) is 29.5 Å². The molecule has 4 aromatic rings. The van der Waals surface area contributed by atoms with Crippen LogP contribution < -0.4 is 10.6 Å². The van der Waals surface area contributed by atoms with E-state index >= 15 is 0 Å². The highest BCUT2D eigenvalue weighted by Crippen LogP contribution is 2.55. The number of nitriles is 2. The van der Waals surface area contributed by atoms with Gasteiger partial charge in [0, 0.05) is 23.8 Å². The van der Waals surface area contributed by atoms with Gasteiger partial charge in [0.25, 0.3) is 0 Å². The zero-order valence-electron chi connectivity index (χ0n) is 22.3. The van der Waals surface area contributed by atoms with Gasteiger partial charge in [0.05, 0.1) is 44.6 Å². The lowest BCUT2D eigenvalue weighted by Gasteiger charge is -2.22. The lowest BCUT2D eigenvalue weighted by atomic mass is 9.96. The topological polar surface area (TPSA) is 128 Å². The van der Waals surface area contributed by atoms with Gasteiger partial charge < -0.3 is 10.6 Å². The second kappa shape index (κ2) is 9.75. The van der Waals surface area contributed by atoms with Gasteiger partial charge in [-0.3, -0.25) is 4.98 Å². The van der Waals surface area contributed by atoms with Crippen LogP contribution in [0.4, 0.5) is 24.5 Å². The van der Waals surface area contributed by atoms with E-state index in [1.165, 1.54) is 23.7 Å². The number of pyridine rings is 1. The minimum atomic E-state index is -4.44. The highest BCUT2D eigenvalue weighted by molar-refractivity contribution is 7.09. The molecule has 0 amide bonds. The normalized spacial score (nSPS) is 15.3. The van der Waals surface area contributed by atoms with Crippen molar-refractivity contribution >= 4 is 33.6 Å². The highest BCUT2D eigenvalue weighted by atomic mass is 32.1. The van der Waals surface area contributed by atoms with Crippen molar-refractivity contribution < 1.29 is 13.2 Å². The summed E-state index contributed by atoms with van der Waals surface area (Å²) in [6, 6.07) is 7.06. The van der Waals surface area contributed by atoms with Gasteiger partial charge in [0.15, 0.2) is 5.54 Å². The Kier molecular flexibility index (Phi) is 6.66. The first-order valence-electron chi connectivity index (χ1n) is 12.5. The Morgan fingerprint density at radius 1 is 1.12 bits per heavy atom. The van der Waals surface area contributed by atoms with E-state index in [1.807, 2.05) is 6.92 Å². The number of thiazole rings is 1. The SMILES string of the molecule is Cc1ncsc1C(Nc1cc(C#N)c2ncc(C#N)c(NCC(C)(C)C)c2c1)c1cn(C2(C(F)(F)F)CC2)nn1. The summed E-state index contributed by atoms with van der Waals surface area (Å²) in [5.41, 5.74) is 2.61. The average Bonchev–Trinajstić information content (AvgIpc) is 3.39. The van der Waals surface area contributed by atoms with Gasteiger partial charge in [-0.1, -0.05) is 26.0 Å². The van der Waals surface area contributed by atoms with E-state index in [4.69, 9.17) is 0 Å². The number of alkyl halides is 3. The molecule has 206 valence electrons. The first-order chi connectivity index (χ1) is 18.9. The molecule has 0 saturated heterocycles. The van der Waals surface area contributed by atoms with Crippen molar-refractivity contribution in [2.75, 3.05) is 17.2 Å². The Morgan fingerprint density at radius 2 is 1.85 bits per heavy atom. The fraction of sp³-hybridized carbons (Fsp3) is 0.407. The van der Waals surface area contributed by atoms with Crippen LogP contribution in [-0.4, -0.2) is 37.7 Å². The third-order valence-corrected chi connectivity index (χ3v) is 7.86. The van der Waals surface area contributed by atoms with E-state index < -0.39 is 17.8 Å². The van der Waals surface area contributed by atoms with E-state index in [1.54, 1.807) is 17.6 Å². The van der Waals surface area contributed by atoms with Crippen molar-refractivity contribution in [2.24, 2.45) is 5.41 Å². The van der Waals surface area contributed by atoms with Gasteiger partial charge in [-0.25, -0.2) is 9.67 Å². The Hall–Kier alpha value is -4.23. The first kappa shape index (κ1) is 27.3. The number of nitrogens with zero attached hydrogens (tertiary/aromatic N) is 7. The standard InChI is InChI=1S/C27H26F3N9S/c1-15-24(40-14-35-15)23(20-12-39(38-37-20)26(5-6-26)27(28,29)30)36-18-7-16(9-31)21-19(8-18)22(17(10-32)11-33-21)34-13-25(2,3)4/h7-8,11-12,14,23,36H,5-6,13H2,1-4H3,(H,33,34). The Balaban J connectivity index is 1.61. The minimum Gasteiger partial charge on any atom is -0.383 e. The zero-order chi connectivity index (χ0) is 28.9. The maximum Gasteiger partial charge on any atom is 0.413 e. The molecule has 2 N–H and O–H groups in total. The molecule has 0 aliphatic heterocycles. The molecular weight excluding hydrogens is 539 g/mol. The van der Waals surface area contributed by atoms with Crippen LogP contribution in [-0.2, 0) is 5.54 Å². The molecule has 0 bridgehead atoms. The molecule has 3 aromatic heterocycles. The van der Waals surface area contributed by atoms with Crippen molar-refractivity contribution in [3.05, 3.63) is 57.4 Å². The fourth-order valence-corrected chi connectivity index (χ4v) is 5.37. The number of aromatic nitrogens is 5. The number of halogens is 3. The Bertz CT molecular complexity index is 1660. The number of rotatable bonds is 7. The molecular formula is C27H26F3N9S. The molecule has 1 aliphatic rings. The molecule has 1 aromatic carbocycles. The highest BCUT2D eigenvalue weighted by Gasteiger charge is 2.66. The van der Waals surface area contributed by atoms with E-state index in [0.717, 1.165) is 9.56 Å². The molecule has 1 saturated carbocycles. The number of hydrogen-bond acceptors (Lipinski definition) is 9. The van der Waals surface area contributed by atoms with Crippen LogP contribution in [0, 0.1) is 35.0 Å². The van der Waals surface area contributed by atoms with Crippen molar-refractivity contribution in [3.8, 4) is 12.1 Å². The summed E-state index contributed by atoms with van der Waals surface area (Å²) in [6.45, 7) is 8.54. The van der Waals surface area contributed by atoms with Crippen LogP contribution >= 0.6 is 11.3 Å². The lowest BCUT2D eigenvalue weighted by Crippen LogP contribution is -2.35. The smallest absolute Gasteiger partial charge is 0.383 e. The molecule has 1 unspecified atom stereocenters. The molecule has 1 atom stereocenters. The maximum atomic E-state index is 13.8. The van der Waals surface area contributed by atoms with Crippen molar-refractivity contribution in [1.82, 2.24) is 25.0 Å². The Labute approximate surface area is 232 Å². The first-order valence-corrected chi connectivity index (χ1v) is 13.4. The van der Waals surface area contributed by atoms with Crippen LogP contribution in [0.1, 0.15) is 67.0 Å². The quantitative estimate of drug-likeness (QED) is 0.277. The van der Waals surface area contributed by atoms with Crippen molar-refractivity contribution in [2.45, 2.75) is 58.3 Å². The molecule has 0 spiro atoms. The second-order valence-corrected chi connectivity index (χ2v) is 12.0. The van der Waals surface area contributed by atoms with Crippen LogP contribution in [0.25, 0.3) is 10.9 Å². The number of nitrogens with one attached hydrogen (secondary N) is 2. The van der Waals surface area contributed by atoms with Crippen molar-refractivity contribution in [3.63, 3.8) is 0 Å². The van der Waals surface area contributed by atoms with Gasteiger partial charge in [-0.05, 0) is 37.3 Å². The summed E-state index contributed by atoms with van der Waals surface area (Å²) >= 11 is 1.34. The number of anilines is 2. The molecule has 13 heteroatoms. The zero-order valence-corrected chi connectivity index (χ0v) is 23.1. The lowest BCUT2D eigenvalue weighted by molar-refractivity contribution is -0.182. The molecule has 9 nitrogen and oxygen atoms in total. The summed E-state index contributed by atoms with van der Waals surface area (Å²) < 4.78 is 42.2. The van der Waals surface area contributed by atoms with Crippen LogP contribution in [0.5, 0.6) is 0 Å². The number of benzene rings is 1. The molecule has 5 rings (SSSR count). The van der Waals surface area contributed by atoms with Gasteiger partial charge in [0.1, 0.15) is 23.9 Å². The molecule has 1 fully saturated rings. The average molecular weight is 566 g/mol. The van der Waals surface area contributed by atoms with Crippen molar-refractivity contribution in [1.29, 1.82) is 10.5 Å². The maximum absolute atomic E-state index is 13.8. The van der Waals surface area contributed by atoms with E-state index in [2.05, 4.69) is 63.8 Å². The third kappa shape index (κ3) is 4.93. The Morgan fingerprint density at radius 3 is 2.42 bits per heavy atom. The fourth-order valence-electron chi connectivity index (χ4n) is 4.51. The van der Waals surface area contributed by atoms with Crippen LogP contribution in [0.2, 0.25) is 0 Å². The molecule has 40 heavy (non-hydrogen) atoms. The van der Waals surface area contributed by atoms with Gasteiger partial charge in [0.2, 0.25) is 0 Å². The predicted octanol–water partition coefficient (Wildman–Crippen LogP) is 6.05. The van der Waals surface area contributed by atoms with Gasteiger partial charge >= 0.3 is 6.18 Å². The number of aryl methyl sites for hydroxylation is 1. The number of fused-ring (bicyclic) bond motifs is 1. The third-order valence-electron chi connectivity index (χ3n) is 6.86. The van der Waals surface area contributed by atoms with Gasteiger partial charge in [-0.15, -0.1) is 16.4 Å². The summed E-state index contributed by atoms with van der Waals surface area (Å²) in [5, 5.41) is 35.0. The summed E-state index contributed by atoms with van der Waals surface area (Å²) in [6.07, 6.45) is -1.77. The van der Waals surface area contributed by atoms with Gasteiger partial charge in [-0.2, -0.15) is 23.7 Å². The van der Waals surface area contributed by atoms with E-state index in [0.29, 0.717) is 40.1 Å². The monoisotopic (exact) mass is 565 g/mol. The summed E-state index contributed by atoms with van der Waals surface area (Å²) in [5.74, 6) is 0. The molecule has 3 heterocycles. The van der Waals surface area contributed by atoms with E-state index in [9.17, 15) is 23.7 Å². The summed E-state index contributed by atoms with van der Waals surface area (Å²) in [4.78, 5) is 9.44. The molecule has 1 aliphatic carbocycles. The predicted molar refractivity (Wildman–Crippen MR) is 145 cm³/mol. The minimum absolute atomic E-state index is 0.0498. The van der Waals surface area contributed by atoms with Crippen LogP contribution in [0.15, 0.2) is 30.0 Å². The largest absolute Gasteiger partial charge is 0.413 e. The second-order valence-electron chi connectivity index (χ2n) is 11.1.